The van der Waals surface area contributed by atoms with Crippen LogP contribution in [-0.4, -0.2) is 107 Å². The topological polar surface area (TPSA) is 145 Å². The third-order valence-electron chi connectivity index (χ3n) is 8.58. The number of aliphatic hydroxyl groups is 4. The van der Waals surface area contributed by atoms with Crippen LogP contribution in [0.2, 0.25) is 0 Å². The van der Waals surface area contributed by atoms with Crippen molar-refractivity contribution in [2.24, 2.45) is 0 Å². The molecule has 5 N–H and O–H groups in total. The highest BCUT2D eigenvalue weighted by Gasteiger charge is 2.42. The highest BCUT2D eigenvalue weighted by Crippen LogP contribution is 2.25. The average Bonchev–Trinajstić information content (AvgIpc) is 2.90. The number of quaternary nitrogens is 1. The summed E-state index contributed by atoms with van der Waals surface area (Å²) in [5.41, 5.74) is 0. The third-order valence-corrected chi connectivity index (χ3v) is 9.38. The first kappa shape index (κ1) is 37.7. The third kappa shape index (κ3) is 16.9. The zero-order valence-corrected chi connectivity index (χ0v) is 26.3. The van der Waals surface area contributed by atoms with E-state index < -0.39 is 47.2 Å². The van der Waals surface area contributed by atoms with Gasteiger partial charge >= 0.3 is 0 Å². The van der Waals surface area contributed by atoms with Gasteiger partial charge in [0.25, 0.3) is 10.1 Å². The molecule has 1 saturated heterocycles. The lowest BCUT2D eigenvalue weighted by Gasteiger charge is -2.40. The first-order valence-corrected chi connectivity index (χ1v) is 17.7. The van der Waals surface area contributed by atoms with E-state index in [2.05, 4.69) is 14.0 Å². The van der Waals surface area contributed by atoms with Crippen LogP contribution >= 0.6 is 0 Å². The molecule has 0 saturated carbocycles. The summed E-state index contributed by atoms with van der Waals surface area (Å²) < 4.78 is 38.0. The number of nitrogens with zero attached hydrogens (tertiary/aromatic N) is 1. The Morgan fingerprint density at radius 3 is 1.52 bits per heavy atom. The van der Waals surface area contributed by atoms with Gasteiger partial charge in [-0.2, -0.15) is 8.42 Å². The smallest absolute Gasteiger partial charge is 0.265 e. The van der Waals surface area contributed by atoms with E-state index >= 15 is 0 Å². The quantitative estimate of drug-likeness (QED) is 0.0599. The van der Waals surface area contributed by atoms with E-state index in [0.717, 1.165) is 43.3 Å². The summed E-state index contributed by atoms with van der Waals surface area (Å²) in [6.45, 7) is 4.28. The fraction of sp³-hybridized carbons (Fsp3) is 1.00. The molecule has 1 aliphatic rings. The van der Waals surface area contributed by atoms with Gasteiger partial charge in [-0.25, -0.2) is 0 Å². The molecule has 10 heteroatoms. The molecule has 40 heavy (non-hydrogen) atoms. The molecule has 0 aromatic rings. The molecule has 0 aliphatic carbocycles. The molecule has 0 radical (unpaired) electrons. The van der Waals surface area contributed by atoms with Crippen molar-refractivity contribution >= 4 is 10.1 Å². The van der Waals surface area contributed by atoms with Gasteiger partial charge in [-0.15, -0.1) is 0 Å². The van der Waals surface area contributed by atoms with Gasteiger partial charge in [0.1, 0.15) is 24.4 Å². The maximum atomic E-state index is 11.2. The molecule has 240 valence electrons. The van der Waals surface area contributed by atoms with Crippen LogP contribution in [0.1, 0.15) is 122 Å². The van der Waals surface area contributed by atoms with E-state index in [0.29, 0.717) is 19.4 Å². The van der Waals surface area contributed by atoms with Crippen molar-refractivity contribution in [3.05, 3.63) is 0 Å². The summed E-state index contributed by atoms with van der Waals surface area (Å²) in [7, 11) is -1.84. The Hall–Kier alpha value is -0.330. The second-order valence-electron chi connectivity index (χ2n) is 12.4. The summed E-state index contributed by atoms with van der Waals surface area (Å²) in [5, 5.41) is 39.6. The van der Waals surface area contributed by atoms with E-state index in [1.165, 1.54) is 77.0 Å². The first-order valence-electron chi connectivity index (χ1n) is 16.1. The van der Waals surface area contributed by atoms with E-state index in [1.807, 2.05) is 0 Å². The lowest BCUT2D eigenvalue weighted by atomic mass is 9.92. The number of hydrogen-bond acceptors (Lipinski definition) is 7. The zero-order valence-electron chi connectivity index (χ0n) is 25.5. The highest BCUT2D eigenvalue weighted by atomic mass is 32.2. The maximum Gasteiger partial charge on any atom is 0.265 e. The lowest BCUT2D eigenvalue weighted by Crippen LogP contribution is -2.58. The average molecular weight is 597 g/mol. The Labute approximate surface area is 244 Å². The molecular weight excluding hydrogens is 534 g/mol. The molecule has 0 spiro atoms. The predicted molar refractivity (Wildman–Crippen MR) is 160 cm³/mol. The van der Waals surface area contributed by atoms with Crippen LogP contribution < -0.4 is 0 Å². The van der Waals surface area contributed by atoms with Crippen molar-refractivity contribution in [3.8, 4) is 0 Å². The number of ether oxygens (including phenoxy) is 1. The van der Waals surface area contributed by atoms with Gasteiger partial charge in [-0.3, -0.25) is 4.55 Å². The minimum atomic E-state index is -3.98. The summed E-state index contributed by atoms with van der Waals surface area (Å²) in [6.07, 6.45) is 15.3. The molecule has 0 amide bonds. The van der Waals surface area contributed by atoms with Gasteiger partial charge < -0.3 is 29.6 Å². The van der Waals surface area contributed by atoms with Crippen molar-refractivity contribution in [3.63, 3.8) is 0 Å². The Bertz CT molecular complexity index is 722. The number of hydrogen-bond donors (Lipinski definition) is 5. The minimum Gasteiger partial charge on any atom is -0.394 e. The van der Waals surface area contributed by atoms with Gasteiger partial charge in [0.2, 0.25) is 0 Å². The van der Waals surface area contributed by atoms with Crippen LogP contribution in [0, 0.1) is 0 Å². The predicted octanol–water partition coefficient (Wildman–Crippen LogP) is 4.20. The van der Waals surface area contributed by atoms with Crippen LogP contribution in [0.15, 0.2) is 0 Å². The largest absolute Gasteiger partial charge is 0.394 e. The summed E-state index contributed by atoms with van der Waals surface area (Å²) >= 11 is 0. The van der Waals surface area contributed by atoms with Crippen LogP contribution in [0.25, 0.3) is 0 Å². The fourth-order valence-corrected chi connectivity index (χ4v) is 6.40. The van der Waals surface area contributed by atoms with Crippen LogP contribution in [0.3, 0.4) is 0 Å². The van der Waals surface area contributed by atoms with E-state index in [9.17, 15) is 28.8 Å². The number of rotatable bonds is 25. The lowest BCUT2D eigenvalue weighted by molar-refractivity contribution is -0.910. The Balaban J connectivity index is 2.31. The second kappa shape index (κ2) is 21.4. The normalized spacial score (nSPS) is 25.2. The first-order chi connectivity index (χ1) is 19.0. The van der Waals surface area contributed by atoms with Crippen LogP contribution in [-0.2, 0) is 14.9 Å². The van der Waals surface area contributed by atoms with Gasteiger partial charge in [0.15, 0.2) is 0 Å². The number of aliphatic hydroxyl groups excluding tert-OH is 4. The van der Waals surface area contributed by atoms with E-state index in [1.54, 1.807) is 0 Å². The van der Waals surface area contributed by atoms with Crippen molar-refractivity contribution in [1.29, 1.82) is 0 Å². The summed E-state index contributed by atoms with van der Waals surface area (Å²) in [5.74, 6) is -0.232. The molecular formula is C30H62NO8S+. The van der Waals surface area contributed by atoms with Crippen molar-refractivity contribution < 1.29 is 42.6 Å². The molecule has 1 fully saturated rings. The zero-order chi connectivity index (χ0) is 29.9. The van der Waals surface area contributed by atoms with Crippen molar-refractivity contribution in [2.45, 2.75) is 153 Å². The van der Waals surface area contributed by atoms with E-state index in [4.69, 9.17) is 9.29 Å². The fourth-order valence-electron chi connectivity index (χ4n) is 5.91. The van der Waals surface area contributed by atoms with E-state index in [-0.39, 0.29) is 5.75 Å². The van der Waals surface area contributed by atoms with Gasteiger partial charge in [-0.05, 0) is 32.1 Å². The monoisotopic (exact) mass is 596 g/mol. The van der Waals surface area contributed by atoms with Crippen molar-refractivity contribution in [1.82, 2.24) is 0 Å². The Morgan fingerprint density at radius 2 is 1.05 bits per heavy atom. The Morgan fingerprint density at radius 1 is 0.625 bits per heavy atom. The summed E-state index contributed by atoms with van der Waals surface area (Å²) in [4.78, 5) is 0. The molecule has 0 aromatic heterocycles. The highest BCUT2D eigenvalue weighted by molar-refractivity contribution is 7.85. The molecule has 1 aliphatic heterocycles. The maximum absolute atomic E-state index is 11.2. The Kier molecular flexibility index (Phi) is 20.1. The van der Waals surface area contributed by atoms with Crippen LogP contribution in [0.4, 0.5) is 0 Å². The second-order valence-corrected chi connectivity index (χ2v) is 14.0. The molecule has 6 atom stereocenters. The molecule has 2 unspecified atom stereocenters. The SMILES string of the molecule is CCCCCCCCCCCCCCCC[N+](C)(CCCCC1O[C@H](CO)[C@@H](O)[C@H](O)[C@H]1O)CCCS(=O)(=O)O. The van der Waals surface area contributed by atoms with Gasteiger partial charge in [-0.1, -0.05) is 84.0 Å². The standard InChI is InChI=1S/C30H61NO8S/c1-3-4-5-6-7-8-9-10-11-12-13-14-15-17-21-31(2,23-19-24-40(36,37)38)22-18-16-20-26-28(33)30(35)29(34)27(25-32)39-26/h26-30,32-35H,3-25H2,1-2H3/p+1/t26?,27-,28+,29-,30-,31?/m1/s1. The molecule has 0 aromatic carbocycles. The van der Waals surface area contributed by atoms with Crippen molar-refractivity contribution in [2.75, 3.05) is 39.0 Å². The minimum absolute atomic E-state index is 0.232. The van der Waals surface area contributed by atoms with Gasteiger partial charge in [0, 0.05) is 6.42 Å². The molecule has 1 heterocycles. The van der Waals surface area contributed by atoms with Gasteiger partial charge in [0.05, 0.1) is 45.1 Å². The summed E-state index contributed by atoms with van der Waals surface area (Å²) in [6, 6.07) is 0. The molecule has 9 nitrogen and oxygen atoms in total. The van der Waals surface area contributed by atoms with Crippen LogP contribution in [0.5, 0.6) is 0 Å². The molecule has 0 bridgehead atoms. The molecule has 1 rings (SSSR count). The number of unbranched alkanes of at least 4 members (excludes halogenated alkanes) is 14.